The molecule has 8 heteroatoms. The fourth-order valence-electron chi connectivity index (χ4n) is 3.82. The lowest BCUT2D eigenvalue weighted by Crippen LogP contribution is -2.53. The zero-order valence-corrected chi connectivity index (χ0v) is 15.1. The molecule has 1 N–H and O–H groups in total. The molecule has 138 valence electrons. The minimum Gasteiger partial charge on any atom is -0.344 e. The van der Waals surface area contributed by atoms with E-state index >= 15 is 0 Å². The molecule has 0 aromatic carbocycles. The predicted molar refractivity (Wildman–Crippen MR) is 94.2 cm³/mol. The number of hydrogen-bond donors (Lipinski definition) is 1. The summed E-state index contributed by atoms with van der Waals surface area (Å²) in [5.74, 6) is 1.17. The van der Waals surface area contributed by atoms with E-state index in [-0.39, 0.29) is 29.9 Å². The number of imidazole rings is 2. The first-order chi connectivity index (χ1) is 12.6. The molecule has 0 spiro atoms. The number of carbonyl (C=O) groups excluding carboxylic acids is 2. The van der Waals surface area contributed by atoms with Crippen LogP contribution in [-0.4, -0.2) is 47.9 Å². The molecule has 1 saturated heterocycles. The lowest BCUT2D eigenvalue weighted by molar-refractivity contribution is -0.138. The number of piperidine rings is 1. The van der Waals surface area contributed by atoms with Gasteiger partial charge in [0, 0.05) is 50.8 Å². The largest absolute Gasteiger partial charge is 0.344 e. The molecular formula is C18H24N6O2. The summed E-state index contributed by atoms with van der Waals surface area (Å²) in [7, 11) is 1.93. The van der Waals surface area contributed by atoms with Gasteiger partial charge < -0.3 is 19.4 Å². The summed E-state index contributed by atoms with van der Waals surface area (Å²) in [5, 5.41) is 3.13. The Morgan fingerprint density at radius 2 is 2.00 bits per heavy atom. The molecule has 2 atom stereocenters. The van der Waals surface area contributed by atoms with Gasteiger partial charge in [-0.05, 0) is 26.2 Å². The van der Waals surface area contributed by atoms with E-state index in [1.165, 1.54) is 0 Å². The molecule has 0 radical (unpaired) electrons. The highest BCUT2D eigenvalue weighted by atomic mass is 16.2. The zero-order chi connectivity index (χ0) is 18.3. The van der Waals surface area contributed by atoms with Crippen molar-refractivity contribution < 1.29 is 9.59 Å². The van der Waals surface area contributed by atoms with Crippen molar-refractivity contribution in [2.45, 2.75) is 57.3 Å². The minimum atomic E-state index is -0.238. The Labute approximate surface area is 152 Å². The summed E-state index contributed by atoms with van der Waals surface area (Å²) in [6.07, 6.45) is 10.1. The molecular weight excluding hydrogens is 332 g/mol. The van der Waals surface area contributed by atoms with Crippen molar-refractivity contribution in [2.24, 2.45) is 7.05 Å². The quantitative estimate of drug-likeness (QED) is 0.874. The fraction of sp³-hybridized carbons (Fsp3) is 0.556. The average Bonchev–Trinajstić information content (AvgIpc) is 3.18. The van der Waals surface area contributed by atoms with Gasteiger partial charge in [-0.25, -0.2) is 9.97 Å². The number of carbonyl (C=O) groups is 2. The first-order valence-electron chi connectivity index (χ1n) is 9.20. The van der Waals surface area contributed by atoms with Crippen molar-refractivity contribution in [2.75, 3.05) is 0 Å². The number of aryl methyl sites for hydroxylation is 2. The normalized spacial score (nSPS) is 23.3. The van der Waals surface area contributed by atoms with Gasteiger partial charge in [-0.15, -0.1) is 0 Å². The van der Waals surface area contributed by atoms with Crippen molar-refractivity contribution in [1.82, 2.24) is 29.3 Å². The standard InChI is InChI=1S/C18H24N6O2/c1-3-23-11-9-20-17(23)18(26)21-13-6-7-14(25)24(12-4-5-12)15(13)16-19-8-10-22(16)2/h8-13,15H,3-7H2,1-2H3,(H,21,26)/t13-,15-/m1/s1. The van der Waals surface area contributed by atoms with Gasteiger partial charge in [0.2, 0.25) is 5.91 Å². The summed E-state index contributed by atoms with van der Waals surface area (Å²) in [5.41, 5.74) is 0. The van der Waals surface area contributed by atoms with Crippen LogP contribution in [0.2, 0.25) is 0 Å². The number of aromatic nitrogens is 4. The molecule has 8 nitrogen and oxygen atoms in total. The highest BCUT2D eigenvalue weighted by Gasteiger charge is 2.46. The van der Waals surface area contributed by atoms with Crippen molar-refractivity contribution >= 4 is 11.8 Å². The molecule has 3 heterocycles. The smallest absolute Gasteiger partial charge is 0.287 e. The summed E-state index contributed by atoms with van der Waals surface area (Å²) in [6, 6.07) is -0.150. The van der Waals surface area contributed by atoms with Crippen molar-refractivity contribution in [3.63, 3.8) is 0 Å². The number of amides is 2. The summed E-state index contributed by atoms with van der Waals surface area (Å²) >= 11 is 0. The van der Waals surface area contributed by atoms with E-state index in [0.29, 0.717) is 25.2 Å². The molecule has 2 aromatic rings. The van der Waals surface area contributed by atoms with E-state index in [0.717, 1.165) is 18.7 Å². The minimum absolute atomic E-state index is 0.154. The van der Waals surface area contributed by atoms with Gasteiger partial charge in [0.25, 0.3) is 5.91 Å². The molecule has 2 amide bonds. The summed E-state index contributed by atoms with van der Waals surface area (Å²) in [6.45, 7) is 2.66. The van der Waals surface area contributed by atoms with E-state index in [4.69, 9.17) is 0 Å². The van der Waals surface area contributed by atoms with Gasteiger partial charge in [-0.2, -0.15) is 0 Å². The molecule has 2 aromatic heterocycles. The van der Waals surface area contributed by atoms with Crippen LogP contribution in [0.3, 0.4) is 0 Å². The van der Waals surface area contributed by atoms with Gasteiger partial charge in [0.15, 0.2) is 5.82 Å². The third-order valence-electron chi connectivity index (χ3n) is 5.28. The third kappa shape index (κ3) is 2.89. The average molecular weight is 356 g/mol. The van der Waals surface area contributed by atoms with Crippen molar-refractivity contribution in [3.8, 4) is 0 Å². The van der Waals surface area contributed by atoms with Crippen molar-refractivity contribution in [1.29, 1.82) is 0 Å². The van der Waals surface area contributed by atoms with Gasteiger partial charge >= 0.3 is 0 Å². The van der Waals surface area contributed by atoms with Gasteiger partial charge in [-0.3, -0.25) is 9.59 Å². The molecule has 0 unspecified atom stereocenters. The Morgan fingerprint density at radius 3 is 2.65 bits per heavy atom. The second-order valence-electron chi connectivity index (χ2n) is 7.03. The van der Waals surface area contributed by atoms with E-state index in [1.54, 1.807) is 18.6 Å². The Morgan fingerprint density at radius 1 is 1.23 bits per heavy atom. The SMILES string of the molecule is CCn1ccnc1C(=O)N[C@@H]1CCC(=O)N(C2CC2)[C@H]1c1nccn1C. The van der Waals surface area contributed by atoms with Crippen molar-refractivity contribution in [3.05, 3.63) is 36.4 Å². The highest BCUT2D eigenvalue weighted by Crippen LogP contribution is 2.40. The van der Waals surface area contributed by atoms with E-state index < -0.39 is 0 Å². The molecule has 0 bridgehead atoms. The number of nitrogens with one attached hydrogen (secondary N) is 1. The number of likely N-dealkylation sites (tertiary alicyclic amines) is 1. The summed E-state index contributed by atoms with van der Waals surface area (Å²) < 4.78 is 3.75. The maximum atomic E-state index is 12.8. The van der Waals surface area contributed by atoms with E-state index in [9.17, 15) is 9.59 Å². The maximum absolute atomic E-state index is 12.8. The number of rotatable bonds is 5. The predicted octanol–water partition coefficient (Wildman–Crippen LogP) is 1.26. The van der Waals surface area contributed by atoms with Gasteiger partial charge in [0.1, 0.15) is 11.9 Å². The molecule has 1 aliphatic heterocycles. The van der Waals surface area contributed by atoms with E-state index in [1.807, 2.05) is 34.2 Å². The van der Waals surface area contributed by atoms with Gasteiger partial charge in [-0.1, -0.05) is 0 Å². The summed E-state index contributed by atoms with van der Waals surface area (Å²) in [4.78, 5) is 36.0. The van der Waals surface area contributed by atoms with Crippen LogP contribution in [0.1, 0.15) is 55.1 Å². The van der Waals surface area contributed by atoms with Crippen LogP contribution in [0, 0.1) is 0 Å². The molecule has 1 aliphatic carbocycles. The highest BCUT2D eigenvalue weighted by molar-refractivity contribution is 5.91. The lowest BCUT2D eigenvalue weighted by atomic mass is 9.94. The first-order valence-corrected chi connectivity index (χ1v) is 9.20. The molecule has 26 heavy (non-hydrogen) atoms. The Bertz CT molecular complexity index is 821. The molecule has 4 rings (SSSR count). The van der Waals surface area contributed by atoms with Crippen LogP contribution < -0.4 is 5.32 Å². The van der Waals surface area contributed by atoms with E-state index in [2.05, 4.69) is 15.3 Å². The Kier molecular flexibility index (Phi) is 4.26. The molecule has 1 saturated carbocycles. The third-order valence-corrected chi connectivity index (χ3v) is 5.28. The fourth-order valence-corrected chi connectivity index (χ4v) is 3.82. The zero-order valence-electron chi connectivity index (χ0n) is 15.1. The topological polar surface area (TPSA) is 85.1 Å². The second-order valence-corrected chi connectivity index (χ2v) is 7.03. The van der Waals surface area contributed by atoms with Crippen LogP contribution >= 0.6 is 0 Å². The molecule has 2 fully saturated rings. The molecule has 2 aliphatic rings. The number of nitrogens with zero attached hydrogens (tertiary/aromatic N) is 5. The monoisotopic (exact) mass is 356 g/mol. The Balaban J connectivity index is 1.63. The first kappa shape index (κ1) is 16.8. The second kappa shape index (κ2) is 6.59. The van der Waals surface area contributed by atoms with Crippen LogP contribution in [0.25, 0.3) is 0 Å². The van der Waals surface area contributed by atoms with Crippen LogP contribution in [-0.2, 0) is 18.4 Å². The van der Waals surface area contributed by atoms with Gasteiger partial charge in [0.05, 0.1) is 6.04 Å². The maximum Gasteiger partial charge on any atom is 0.287 e. The lowest BCUT2D eigenvalue weighted by Gasteiger charge is -2.41. The van der Waals surface area contributed by atoms with Crippen LogP contribution in [0.15, 0.2) is 24.8 Å². The number of hydrogen-bond acceptors (Lipinski definition) is 4. The Hall–Kier alpha value is -2.64. The van der Waals surface area contributed by atoms with Crippen LogP contribution in [0.5, 0.6) is 0 Å². The van der Waals surface area contributed by atoms with Crippen LogP contribution in [0.4, 0.5) is 0 Å².